The Bertz CT molecular complexity index is 940. The normalized spacial score (nSPS) is 19.8. The summed E-state index contributed by atoms with van der Waals surface area (Å²) < 4.78 is 0. The van der Waals surface area contributed by atoms with Crippen LogP contribution in [0.3, 0.4) is 0 Å². The molecule has 1 saturated carbocycles. The molecule has 1 aromatic carbocycles. The van der Waals surface area contributed by atoms with Gasteiger partial charge < -0.3 is 15.1 Å². The van der Waals surface area contributed by atoms with Gasteiger partial charge in [-0.25, -0.2) is 0 Å². The highest BCUT2D eigenvalue weighted by Gasteiger charge is 2.27. The number of carbonyl (C=O) groups excluding carboxylic acids is 2. The number of nitrogens with one attached hydrogen (secondary N) is 1. The van der Waals surface area contributed by atoms with Crippen molar-refractivity contribution < 1.29 is 9.59 Å². The molecule has 8 heteroatoms. The first kappa shape index (κ1) is 22.7. The van der Waals surface area contributed by atoms with E-state index in [-0.39, 0.29) is 30.7 Å². The van der Waals surface area contributed by atoms with Crippen molar-refractivity contribution in [1.82, 2.24) is 15.1 Å². The van der Waals surface area contributed by atoms with Crippen molar-refractivity contribution in [1.29, 1.82) is 0 Å². The quantitative estimate of drug-likeness (QED) is 0.701. The Kier molecular flexibility index (Phi) is 7.40. The molecule has 1 aromatic heterocycles. The summed E-state index contributed by atoms with van der Waals surface area (Å²) in [5, 5.41) is 12.8. The molecular weight excluding hydrogens is 422 g/mol. The van der Waals surface area contributed by atoms with Crippen molar-refractivity contribution in [2.45, 2.75) is 70.8 Å². The minimum atomic E-state index is -0.170. The molecule has 1 atom stereocenters. The van der Waals surface area contributed by atoms with Crippen molar-refractivity contribution in [3.05, 3.63) is 34.8 Å². The van der Waals surface area contributed by atoms with Crippen LogP contribution in [-0.2, 0) is 9.59 Å². The van der Waals surface area contributed by atoms with Crippen molar-refractivity contribution in [3.8, 4) is 0 Å². The molecule has 1 unspecified atom stereocenters. The summed E-state index contributed by atoms with van der Waals surface area (Å²) in [5.74, 6) is 0.348. The zero-order valence-corrected chi connectivity index (χ0v) is 19.9. The van der Waals surface area contributed by atoms with Crippen LogP contribution in [0.15, 0.2) is 24.3 Å². The molecule has 2 amide bonds. The molecule has 1 N–H and O–H groups in total. The van der Waals surface area contributed by atoms with Gasteiger partial charge in [-0.1, -0.05) is 42.7 Å². The Balaban J connectivity index is 1.22. The van der Waals surface area contributed by atoms with Gasteiger partial charge in [0, 0.05) is 50.1 Å². The van der Waals surface area contributed by atoms with Crippen LogP contribution in [0, 0.1) is 6.92 Å². The zero-order chi connectivity index (χ0) is 22.5. The number of benzene rings is 1. The summed E-state index contributed by atoms with van der Waals surface area (Å²) in [7, 11) is 0. The van der Waals surface area contributed by atoms with Gasteiger partial charge in [-0.05, 0) is 44.4 Å². The molecule has 2 aliphatic rings. The van der Waals surface area contributed by atoms with E-state index in [1.807, 2.05) is 4.90 Å². The van der Waals surface area contributed by atoms with Crippen molar-refractivity contribution >= 4 is 34.0 Å². The molecule has 1 saturated heterocycles. The van der Waals surface area contributed by atoms with E-state index >= 15 is 0 Å². The standard InChI is InChI=1S/C24H33N5O2S/c1-17-7-6-10-20(15-17)29-14-13-28(16-18(29)2)22(31)12-11-21(30)25-24-27-26-23(32-24)19-8-4-3-5-9-19/h6-7,10,15,18-19H,3-5,8-9,11-14,16H2,1-2H3,(H,25,27,30). The van der Waals surface area contributed by atoms with Crippen LogP contribution in [-0.4, -0.2) is 52.6 Å². The third-order valence-electron chi connectivity index (χ3n) is 6.52. The minimum absolute atomic E-state index is 0.0380. The maximum Gasteiger partial charge on any atom is 0.226 e. The number of hydrogen-bond acceptors (Lipinski definition) is 6. The van der Waals surface area contributed by atoms with Crippen molar-refractivity contribution in [2.75, 3.05) is 29.9 Å². The zero-order valence-electron chi connectivity index (χ0n) is 19.0. The van der Waals surface area contributed by atoms with Crippen LogP contribution < -0.4 is 10.2 Å². The highest BCUT2D eigenvalue weighted by Crippen LogP contribution is 2.35. The fraction of sp³-hybridized carbons (Fsp3) is 0.583. The van der Waals surface area contributed by atoms with Gasteiger partial charge >= 0.3 is 0 Å². The third-order valence-corrected chi connectivity index (χ3v) is 7.52. The van der Waals surface area contributed by atoms with Gasteiger partial charge in [0.2, 0.25) is 16.9 Å². The SMILES string of the molecule is Cc1cccc(N2CCN(C(=O)CCC(=O)Nc3nnc(C4CCCCC4)s3)CC2C)c1. The van der Waals surface area contributed by atoms with E-state index in [0.29, 0.717) is 24.1 Å². The highest BCUT2D eigenvalue weighted by molar-refractivity contribution is 7.15. The molecule has 7 nitrogen and oxygen atoms in total. The first-order valence-corrected chi connectivity index (χ1v) is 12.6. The largest absolute Gasteiger partial charge is 0.365 e. The molecule has 0 radical (unpaired) electrons. The van der Waals surface area contributed by atoms with E-state index in [1.54, 1.807) is 0 Å². The molecule has 172 valence electrons. The number of aryl methyl sites for hydroxylation is 1. The summed E-state index contributed by atoms with van der Waals surface area (Å²) >= 11 is 1.47. The molecular formula is C24H33N5O2S. The molecule has 0 bridgehead atoms. The van der Waals surface area contributed by atoms with Gasteiger partial charge in [0.05, 0.1) is 0 Å². The molecule has 32 heavy (non-hydrogen) atoms. The molecule has 2 aromatic rings. The predicted molar refractivity (Wildman–Crippen MR) is 128 cm³/mol. The second-order valence-electron chi connectivity index (χ2n) is 9.05. The van der Waals surface area contributed by atoms with Gasteiger partial charge in [-0.15, -0.1) is 10.2 Å². The van der Waals surface area contributed by atoms with E-state index in [0.717, 1.165) is 24.4 Å². The lowest BCUT2D eigenvalue weighted by molar-refractivity contribution is -0.133. The lowest BCUT2D eigenvalue weighted by Crippen LogP contribution is -2.53. The molecule has 2 heterocycles. The molecule has 1 aliphatic carbocycles. The topological polar surface area (TPSA) is 78.4 Å². The van der Waals surface area contributed by atoms with Crippen LogP contribution in [0.2, 0.25) is 0 Å². The van der Waals surface area contributed by atoms with Crippen LogP contribution in [0.25, 0.3) is 0 Å². The number of aromatic nitrogens is 2. The Labute approximate surface area is 194 Å². The van der Waals surface area contributed by atoms with Gasteiger partial charge in [0.25, 0.3) is 0 Å². The van der Waals surface area contributed by atoms with Crippen LogP contribution in [0.1, 0.15) is 68.4 Å². The maximum absolute atomic E-state index is 12.7. The van der Waals surface area contributed by atoms with Crippen molar-refractivity contribution in [3.63, 3.8) is 0 Å². The monoisotopic (exact) mass is 455 g/mol. The van der Waals surface area contributed by atoms with Gasteiger partial charge in [-0.2, -0.15) is 0 Å². The molecule has 0 spiro atoms. The Hall–Kier alpha value is -2.48. The Morgan fingerprint density at radius 3 is 2.69 bits per heavy atom. The maximum atomic E-state index is 12.7. The molecule has 1 aliphatic heterocycles. The number of piperazine rings is 1. The van der Waals surface area contributed by atoms with E-state index in [2.05, 4.69) is 58.5 Å². The molecule has 2 fully saturated rings. The van der Waals surface area contributed by atoms with Crippen LogP contribution in [0.4, 0.5) is 10.8 Å². The smallest absolute Gasteiger partial charge is 0.226 e. The fourth-order valence-corrected chi connectivity index (χ4v) is 5.66. The van der Waals surface area contributed by atoms with E-state index in [9.17, 15) is 9.59 Å². The second kappa shape index (κ2) is 10.4. The summed E-state index contributed by atoms with van der Waals surface area (Å²) in [6.45, 7) is 6.40. The minimum Gasteiger partial charge on any atom is -0.365 e. The summed E-state index contributed by atoms with van der Waals surface area (Å²) in [5.41, 5.74) is 2.44. The van der Waals surface area contributed by atoms with E-state index in [4.69, 9.17) is 0 Å². The highest BCUT2D eigenvalue weighted by atomic mass is 32.1. The fourth-order valence-electron chi connectivity index (χ4n) is 4.73. The molecule has 4 rings (SSSR count). The lowest BCUT2D eigenvalue weighted by Gasteiger charge is -2.41. The lowest BCUT2D eigenvalue weighted by atomic mass is 9.90. The predicted octanol–water partition coefficient (Wildman–Crippen LogP) is 4.35. The number of nitrogens with zero attached hydrogens (tertiary/aromatic N) is 4. The first-order chi connectivity index (χ1) is 15.5. The Morgan fingerprint density at radius 1 is 1.12 bits per heavy atom. The van der Waals surface area contributed by atoms with Gasteiger partial charge in [0.1, 0.15) is 5.01 Å². The first-order valence-electron chi connectivity index (χ1n) is 11.7. The number of anilines is 2. The summed E-state index contributed by atoms with van der Waals surface area (Å²) in [6, 6.07) is 8.72. The number of carbonyl (C=O) groups is 2. The Morgan fingerprint density at radius 2 is 1.94 bits per heavy atom. The number of rotatable bonds is 6. The summed E-state index contributed by atoms with van der Waals surface area (Å²) in [4.78, 5) is 29.3. The van der Waals surface area contributed by atoms with E-state index < -0.39 is 0 Å². The second-order valence-corrected chi connectivity index (χ2v) is 10.1. The van der Waals surface area contributed by atoms with Crippen LogP contribution >= 0.6 is 11.3 Å². The average molecular weight is 456 g/mol. The van der Waals surface area contributed by atoms with Gasteiger partial charge in [-0.3, -0.25) is 9.59 Å². The number of amides is 2. The van der Waals surface area contributed by atoms with Crippen molar-refractivity contribution in [2.24, 2.45) is 0 Å². The third kappa shape index (κ3) is 5.65. The van der Waals surface area contributed by atoms with Gasteiger partial charge in [0.15, 0.2) is 0 Å². The average Bonchev–Trinajstić information content (AvgIpc) is 3.26. The summed E-state index contributed by atoms with van der Waals surface area (Å²) in [6.07, 6.45) is 6.49. The van der Waals surface area contributed by atoms with E-state index in [1.165, 1.54) is 41.9 Å². The van der Waals surface area contributed by atoms with Crippen LogP contribution in [0.5, 0.6) is 0 Å². The number of hydrogen-bond donors (Lipinski definition) is 1.